The summed E-state index contributed by atoms with van der Waals surface area (Å²) in [5.41, 5.74) is 5.15. The number of anilines is 1. The number of thiazole rings is 1. The van der Waals surface area contributed by atoms with E-state index in [4.69, 9.17) is 0 Å². The van der Waals surface area contributed by atoms with Crippen molar-refractivity contribution in [3.05, 3.63) is 52.8 Å². The number of rotatable bonds is 4. The molecule has 134 valence electrons. The summed E-state index contributed by atoms with van der Waals surface area (Å²) in [6.45, 7) is 1.61. The highest BCUT2D eigenvalue weighted by Gasteiger charge is 2.15. The van der Waals surface area contributed by atoms with Gasteiger partial charge in [-0.15, -0.1) is 11.3 Å². The molecule has 1 aliphatic heterocycles. The standard InChI is InChI=1S/C19H21N5OS/c1-23-7-3-4-14-8-13(5-6-17(14)23)9-20-18(25)16-12-26-19(22-16)15-10-21-24(2)11-15/h5-6,8,10-12H,3-4,7,9H2,1-2H3,(H,20,25). The van der Waals surface area contributed by atoms with Gasteiger partial charge >= 0.3 is 0 Å². The predicted molar refractivity (Wildman–Crippen MR) is 104 cm³/mol. The number of nitrogens with zero attached hydrogens (tertiary/aromatic N) is 4. The molecule has 26 heavy (non-hydrogen) atoms. The van der Waals surface area contributed by atoms with Gasteiger partial charge in [0, 0.05) is 50.0 Å². The topological polar surface area (TPSA) is 63.1 Å². The Morgan fingerprint density at radius 2 is 2.23 bits per heavy atom. The van der Waals surface area contributed by atoms with Crippen LogP contribution >= 0.6 is 11.3 Å². The SMILES string of the molecule is CN1CCCc2cc(CNC(=O)c3csc(-c4cnn(C)c4)n3)ccc21. The highest BCUT2D eigenvalue weighted by molar-refractivity contribution is 7.13. The molecule has 0 aliphatic carbocycles. The minimum Gasteiger partial charge on any atom is -0.374 e. The van der Waals surface area contributed by atoms with Crippen LogP contribution in [0.25, 0.3) is 10.6 Å². The second-order valence-electron chi connectivity index (χ2n) is 6.61. The summed E-state index contributed by atoms with van der Waals surface area (Å²) in [5, 5.41) is 9.71. The lowest BCUT2D eigenvalue weighted by molar-refractivity contribution is 0.0946. The average molecular weight is 367 g/mol. The number of fused-ring (bicyclic) bond motifs is 1. The van der Waals surface area contributed by atoms with Crippen molar-refractivity contribution in [3.63, 3.8) is 0 Å². The number of carbonyl (C=O) groups excluding carboxylic acids is 1. The summed E-state index contributed by atoms with van der Waals surface area (Å²) < 4.78 is 1.73. The molecule has 1 N–H and O–H groups in total. The van der Waals surface area contributed by atoms with E-state index in [1.807, 2.05) is 13.2 Å². The molecular weight excluding hydrogens is 346 g/mol. The quantitative estimate of drug-likeness (QED) is 0.770. The van der Waals surface area contributed by atoms with Gasteiger partial charge in [0.1, 0.15) is 10.7 Å². The Morgan fingerprint density at radius 1 is 1.35 bits per heavy atom. The normalized spacial score (nSPS) is 13.5. The summed E-state index contributed by atoms with van der Waals surface area (Å²) in [5.74, 6) is -0.147. The minimum absolute atomic E-state index is 0.147. The van der Waals surface area contributed by atoms with Crippen molar-refractivity contribution in [2.24, 2.45) is 7.05 Å². The van der Waals surface area contributed by atoms with Gasteiger partial charge in [-0.25, -0.2) is 4.98 Å². The molecule has 0 spiro atoms. The zero-order chi connectivity index (χ0) is 18.1. The fraction of sp³-hybridized carbons (Fsp3) is 0.316. The highest BCUT2D eigenvalue weighted by atomic mass is 32.1. The van der Waals surface area contributed by atoms with Crippen LogP contribution in [-0.4, -0.2) is 34.3 Å². The average Bonchev–Trinajstić information content (AvgIpc) is 3.29. The fourth-order valence-corrected chi connectivity index (χ4v) is 4.04. The molecule has 0 unspecified atom stereocenters. The van der Waals surface area contributed by atoms with Gasteiger partial charge in [-0.3, -0.25) is 9.48 Å². The molecule has 0 fully saturated rings. The van der Waals surface area contributed by atoms with Crippen molar-refractivity contribution in [3.8, 4) is 10.6 Å². The van der Waals surface area contributed by atoms with Crippen molar-refractivity contribution in [1.82, 2.24) is 20.1 Å². The Balaban J connectivity index is 1.42. The van der Waals surface area contributed by atoms with Crippen LogP contribution in [-0.2, 0) is 20.0 Å². The zero-order valence-electron chi connectivity index (χ0n) is 14.9. The monoisotopic (exact) mass is 367 g/mol. The number of aromatic nitrogens is 3. The van der Waals surface area contributed by atoms with E-state index in [0.717, 1.165) is 29.1 Å². The van der Waals surface area contributed by atoms with Crippen molar-refractivity contribution in [1.29, 1.82) is 0 Å². The number of carbonyl (C=O) groups is 1. The molecule has 3 aromatic rings. The van der Waals surface area contributed by atoms with Gasteiger partial charge in [0.05, 0.1) is 6.20 Å². The predicted octanol–water partition coefficient (Wildman–Crippen LogP) is 2.86. The molecule has 1 amide bonds. The lowest BCUT2D eigenvalue weighted by atomic mass is 9.99. The number of aryl methyl sites for hydroxylation is 2. The summed E-state index contributed by atoms with van der Waals surface area (Å²) in [4.78, 5) is 19.1. The van der Waals surface area contributed by atoms with Crippen LogP contribution in [0.1, 0.15) is 28.0 Å². The van der Waals surface area contributed by atoms with E-state index in [1.165, 1.54) is 29.0 Å². The summed E-state index contributed by atoms with van der Waals surface area (Å²) in [6, 6.07) is 6.44. The van der Waals surface area contributed by atoms with E-state index in [1.54, 1.807) is 16.3 Å². The second-order valence-corrected chi connectivity index (χ2v) is 7.47. The summed E-state index contributed by atoms with van der Waals surface area (Å²) in [6.07, 6.45) is 5.92. The number of hydrogen-bond donors (Lipinski definition) is 1. The third kappa shape index (κ3) is 3.35. The molecule has 1 aliphatic rings. The molecule has 0 radical (unpaired) electrons. The second kappa shape index (κ2) is 6.92. The smallest absolute Gasteiger partial charge is 0.271 e. The van der Waals surface area contributed by atoms with E-state index in [-0.39, 0.29) is 5.91 Å². The number of amides is 1. The molecule has 6 nitrogen and oxygen atoms in total. The Labute approximate surface area is 156 Å². The first-order chi connectivity index (χ1) is 12.6. The maximum atomic E-state index is 12.4. The molecule has 0 bridgehead atoms. The fourth-order valence-electron chi connectivity index (χ4n) is 3.26. The number of hydrogen-bond acceptors (Lipinski definition) is 5. The minimum atomic E-state index is -0.147. The molecule has 2 aromatic heterocycles. The zero-order valence-corrected chi connectivity index (χ0v) is 15.7. The first kappa shape index (κ1) is 16.8. The Morgan fingerprint density at radius 3 is 3.04 bits per heavy atom. The first-order valence-electron chi connectivity index (χ1n) is 8.66. The summed E-state index contributed by atoms with van der Waals surface area (Å²) >= 11 is 1.45. The lowest BCUT2D eigenvalue weighted by Crippen LogP contribution is -2.26. The van der Waals surface area contributed by atoms with Gasteiger partial charge < -0.3 is 10.2 Å². The van der Waals surface area contributed by atoms with Crippen LogP contribution in [0.2, 0.25) is 0 Å². The van der Waals surface area contributed by atoms with Crippen LogP contribution < -0.4 is 10.2 Å². The third-order valence-corrected chi connectivity index (χ3v) is 5.53. The number of nitrogens with one attached hydrogen (secondary N) is 1. The molecule has 0 saturated carbocycles. The van der Waals surface area contributed by atoms with Crippen LogP contribution in [0.3, 0.4) is 0 Å². The van der Waals surface area contributed by atoms with Gasteiger partial charge in [-0.2, -0.15) is 5.10 Å². The highest BCUT2D eigenvalue weighted by Crippen LogP contribution is 2.27. The van der Waals surface area contributed by atoms with E-state index in [0.29, 0.717) is 12.2 Å². The molecule has 1 aromatic carbocycles. The molecule has 3 heterocycles. The Kier molecular flexibility index (Phi) is 4.46. The summed E-state index contributed by atoms with van der Waals surface area (Å²) in [7, 11) is 3.99. The maximum Gasteiger partial charge on any atom is 0.271 e. The molecule has 7 heteroatoms. The first-order valence-corrected chi connectivity index (χ1v) is 9.54. The largest absolute Gasteiger partial charge is 0.374 e. The van der Waals surface area contributed by atoms with Crippen LogP contribution in [0, 0.1) is 0 Å². The Bertz CT molecular complexity index is 945. The molecule has 0 atom stereocenters. The van der Waals surface area contributed by atoms with E-state index in [2.05, 4.69) is 45.5 Å². The van der Waals surface area contributed by atoms with Gasteiger partial charge in [0.2, 0.25) is 0 Å². The van der Waals surface area contributed by atoms with Crippen molar-refractivity contribution < 1.29 is 4.79 Å². The number of benzene rings is 1. The molecule has 4 rings (SSSR count). The molecule has 0 saturated heterocycles. The van der Waals surface area contributed by atoms with Crippen LogP contribution in [0.15, 0.2) is 36.0 Å². The van der Waals surface area contributed by atoms with E-state index < -0.39 is 0 Å². The third-order valence-electron chi connectivity index (χ3n) is 4.64. The maximum absolute atomic E-state index is 12.4. The van der Waals surface area contributed by atoms with Crippen molar-refractivity contribution in [2.45, 2.75) is 19.4 Å². The van der Waals surface area contributed by atoms with Gasteiger partial charge in [-0.05, 0) is 30.0 Å². The van der Waals surface area contributed by atoms with Gasteiger partial charge in [0.15, 0.2) is 0 Å². The molecular formula is C19H21N5OS. The van der Waals surface area contributed by atoms with Gasteiger partial charge in [0.25, 0.3) is 5.91 Å². The van der Waals surface area contributed by atoms with Crippen LogP contribution in [0.5, 0.6) is 0 Å². The Hall–Kier alpha value is -2.67. The van der Waals surface area contributed by atoms with Crippen molar-refractivity contribution in [2.75, 3.05) is 18.5 Å². The lowest BCUT2D eigenvalue weighted by Gasteiger charge is -2.27. The van der Waals surface area contributed by atoms with E-state index in [9.17, 15) is 4.79 Å². The van der Waals surface area contributed by atoms with Crippen LogP contribution in [0.4, 0.5) is 5.69 Å². The van der Waals surface area contributed by atoms with E-state index >= 15 is 0 Å². The van der Waals surface area contributed by atoms with Crippen molar-refractivity contribution >= 4 is 22.9 Å². The van der Waals surface area contributed by atoms with Gasteiger partial charge in [-0.1, -0.05) is 12.1 Å².